The zero-order valence-corrected chi connectivity index (χ0v) is 12.7. The highest BCUT2D eigenvalue weighted by Gasteiger charge is 2.12. The SMILES string of the molecule is COc1ccc(NC(=O)c2cnccn2)cc1NS(C)(=O)=O. The molecule has 0 saturated heterocycles. The van der Waals surface area contributed by atoms with E-state index in [1.165, 1.54) is 31.8 Å². The van der Waals surface area contributed by atoms with Gasteiger partial charge in [-0.15, -0.1) is 0 Å². The van der Waals surface area contributed by atoms with Crippen LogP contribution in [0.4, 0.5) is 11.4 Å². The number of rotatable bonds is 5. The number of hydrogen-bond donors (Lipinski definition) is 2. The first-order valence-electron chi connectivity index (χ1n) is 6.12. The van der Waals surface area contributed by atoms with Crippen molar-refractivity contribution >= 4 is 27.3 Å². The Morgan fingerprint density at radius 3 is 2.64 bits per heavy atom. The number of ether oxygens (including phenoxy) is 1. The fraction of sp³-hybridized carbons (Fsp3) is 0.154. The van der Waals surface area contributed by atoms with Crippen molar-refractivity contribution in [2.45, 2.75) is 0 Å². The van der Waals surface area contributed by atoms with Gasteiger partial charge in [-0.05, 0) is 18.2 Å². The Balaban J connectivity index is 2.25. The van der Waals surface area contributed by atoms with Gasteiger partial charge in [-0.25, -0.2) is 13.4 Å². The molecule has 2 aromatic rings. The van der Waals surface area contributed by atoms with E-state index in [0.29, 0.717) is 11.4 Å². The molecule has 0 bridgehead atoms. The average molecular weight is 322 g/mol. The van der Waals surface area contributed by atoms with Gasteiger partial charge in [0.2, 0.25) is 10.0 Å². The summed E-state index contributed by atoms with van der Waals surface area (Å²) in [6.45, 7) is 0. The number of methoxy groups -OCH3 is 1. The van der Waals surface area contributed by atoms with Gasteiger partial charge in [-0.2, -0.15) is 0 Å². The zero-order valence-electron chi connectivity index (χ0n) is 11.9. The van der Waals surface area contributed by atoms with Gasteiger partial charge in [-0.1, -0.05) is 0 Å². The van der Waals surface area contributed by atoms with Crippen LogP contribution in [0.2, 0.25) is 0 Å². The number of carbonyl (C=O) groups excluding carboxylic acids is 1. The summed E-state index contributed by atoms with van der Waals surface area (Å²) in [5.74, 6) is -0.119. The van der Waals surface area contributed by atoms with Crippen LogP contribution < -0.4 is 14.8 Å². The van der Waals surface area contributed by atoms with Gasteiger partial charge in [0, 0.05) is 18.1 Å². The number of nitrogens with zero attached hydrogens (tertiary/aromatic N) is 2. The highest BCUT2D eigenvalue weighted by molar-refractivity contribution is 7.92. The van der Waals surface area contributed by atoms with Crippen molar-refractivity contribution in [2.75, 3.05) is 23.4 Å². The summed E-state index contributed by atoms with van der Waals surface area (Å²) in [4.78, 5) is 19.7. The van der Waals surface area contributed by atoms with E-state index in [4.69, 9.17) is 4.74 Å². The van der Waals surface area contributed by atoms with E-state index in [1.54, 1.807) is 12.1 Å². The van der Waals surface area contributed by atoms with Crippen molar-refractivity contribution in [1.82, 2.24) is 9.97 Å². The van der Waals surface area contributed by atoms with Crippen LogP contribution >= 0.6 is 0 Å². The van der Waals surface area contributed by atoms with Crippen LogP contribution in [-0.2, 0) is 10.0 Å². The van der Waals surface area contributed by atoms with E-state index >= 15 is 0 Å². The van der Waals surface area contributed by atoms with E-state index in [2.05, 4.69) is 20.0 Å². The van der Waals surface area contributed by atoms with Crippen molar-refractivity contribution in [3.63, 3.8) is 0 Å². The van der Waals surface area contributed by atoms with Gasteiger partial charge < -0.3 is 10.1 Å². The molecule has 0 aliphatic carbocycles. The van der Waals surface area contributed by atoms with Crippen LogP contribution in [0, 0.1) is 0 Å². The fourth-order valence-electron chi connectivity index (χ4n) is 1.68. The molecule has 0 fully saturated rings. The summed E-state index contributed by atoms with van der Waals surface area (Å²) in [7, 11) is -2.05. The third kappa shape index (κ3) is 4.16. The zero-order chi connectivity index (χ0) is 16.2. The standard InChI is InChI=1S/C13H14N4O4S/c1-21-12-4-3-9(7-10(12)17-22(2,19)20)16-13(18)11-8-14-5-6-15-11/h3-8,17H,1-2H3,(H,16,18). The highest BCUT2D eigenvalue weighted by Crippen LogP contribution is 2.28. The van der Waals surface area contributed by atoms with Gasteiger partial charge >= 0.3 is 0 Å². The second-order valence-electron chi connectivity index (χ2n) is 4.33. The number of anilines is 2. The normalized spacial score (nSPS) is 10.8. The van der Waals surface area contributed by atoms with Crippen LogP contribution in [0.15, 0.2) is 36.8 Å². The van der Waals surface area contributed by atoms with Gasteiger partial charge in [-0.3, -0.25) is 14.5 Å². The smallest absolute Gasteiger partial charge is 0.275 e. The monoisotopic (exact) mass is 322 g/mol. The van der Waals surface area contributed by atoms with E-state index in [-0.39, 0.29) is 11.4 Å². The summed E-state index contributed by atoms with van der Waals surface area (Å²) in [5.41, 5.74) is 0.764. The van der Waals surface area contributed by atoms with Gasteiger partial charge in [0.25, 0.3) is 5.91 Å². The molecule has 0 spiro atoms. The van der Waals surface area contributed by atoms with E-state index in [0.717, 1.165) is 6.26 Å². The van der Waals surface area contributed by atoms with E-state index in [9.17, 15) is 13.2 Å². The minimum absolute atomic E-state index is 0.149. The van der Waals surface area contributed by atoms with Gasteiger partial charge in [0.15, 0.2) is 0 Å². The lowest BCUT2D eigenvalue weighted by Crippen LogP contribution is -2.15. The third-order valence-electron chi connectivity index (χ3n) is 2.55. The highest BCUT2D eigenvalue weighted by atomic mass is 32.2. The maximum atomic E-state index is 12.0. The van der Waals surface area contributed by atoms with Crippen LogP contribution in [0.3, 0.4) is 0 Å². The van der Waals surface area contributed by atoms with E-state index < -0.39 is 15.9 Å². The second-order valence-corrected chi connectivity index (χ2v) is 6.08. The Kier molecular flexibility index (Phi) is 4.56. The molecule has 9 heteroatoms. The van der Waals surface area contributed by atoms with Gasteiger partial charge in [0.1, 0.15) is 11.4 Å². The quantitative estimate of drug-likeness (QED) is 0.853. The molecule has 1 heterocycles. The molecule has 2 rings (SSSR count). The molecule has 22 heavy (non-hydrogen) atoms. The molecule has 0 unspecified atom stereocenters. The average Bonchev–Trinajstić information content (AvgIpc) is 2.47. The summed E-state index contributed by atoms with van der Waals surface area (Å²) in [6.07, 6.45) is 5.21. The molecular weight excluding hydrogens is 308 g/mol. The summed E-state index contributed by atoms with van der Waals surface area (Å²) in [5, 5.41) is 2.60. The molecule has 1 amide bonds. The van der Waals surface area contributed by atoms with Crippen molar-refractivity contribution in [1.29, 1.82) is 0 Å². The molecular formula is C13H14N4O4S. The van der Waals surface area contributed by atoms with Gasteiger partial charge in [0.05, 0.1) is 25.2 Å². The van der Waals surface area contributed by atoms with E-state index in [1.807, 2.05) is 0 Å². The maximum absolute atomic E-state index is 12.0. The molecule has 1 aromatic heterocycles. The Bertz CT molecular complexity index is 778. The van der Waals surface area contributed by atoms with Crippen molar-refractivity contribution < 1.29 is 17.9 Å². The molecule has 0 atom stereocenters. The molecule has 1 aromatic carbocycles. The van der Waals surface area contributed by atoms with Crippen molar-refractivity contribution in [2.24, 2.45) is 0 Å². The summed E-state index contributed by atoms with van der Waals surface area (Å²) >= 11 is 0. The van der Waals surface area contributed by atoms with Crippen molar-refractivity contribution in [3.05, 3.63) is 42.5 Å². The lowest BCUT2D eigenvalue weighted by Gasteiger charge is -2.12. The molecule has 0 radical (unpaired) electrons. The molecule has 0 aliphatic heterocycles. The topological polar surface area (TPSA) is 110 Å². The largest absolute Gasteiger partial charge is 0.495 e. The number of aromatic nitrogens is 2. The Labute approximate surface area is 127 Å². The Hall–Kier alpha value is -2.68. The molecule has 116 valence electrons. The molecule has 8 nitrogen and oxygen atoms in total. The molecule has 0 saturated carbocycles. The molecule has 2 N–H and O–H groups in total. The predicted molar refractivity (Wildman–Crippen MR) is 81.4 cm³/mol. The first-order valence-corrected chi connectivity index (χ1v) is 8.01. The van der Waals surface area contributed by atoms with Crippen LogP contribution in [0.1, 0.15) is 10.5 Å². The first kappa shape index (κ1) is 15.7. The first-order chi connectivity index (χ1) is 10.4. The number of carbonyl (C=O) groups is 1. The minimum Gasteiger partial charge on any atom is -0.495 e. The summed E-state index contributed by atoms with van der Waals surface area (Å²) < 4.78 is 30.1. The van der Waals surface area contributed by atoms with Crippen LogP contribution in [0.5, 0.6) is 5.75 Å². The number of nitrogens with one attached hydrogen (secondary N) is 2. The Morgan fingerprint density at radius 1 is 1.27 bits per heavy atom. The predicted octanol–water partition coefficient (Wildman–Crippen LogP) is 1.11. The fourth-order valence-corrected chi connectivity index (χ4v) is 2.24. The second kappa shape index (κ2) is 6.39. The lowest BCUT2D eigenvalue weighted by molar-refractivity contribution is 0.102. The number of amides is 1. The maximum Gasteiger partial charge on any atom is 0.275 e. The number of hydrogen-bond acceptors (Lipinski definition) is 6. The number of benzene rings is 1. The van der Waals surface area contributed by atoms with Crippen molar-refractivity contribution in [3.8, 4) is 5.75 Å². The Morgan fingerprint density at radius 2 is 2.05 bits per heavy atom. The minimum atomic E-state index is -3.47. The lowest BCUT2D eigenvalue weighted by atomic mass is 10.2. The molecule has 0 aliphatic rings. The van der Waals surface area contributed by atoms with Crippen LogP contribution in [-0.4, -0.2) is 37.7 Å². The third-order valence-corrected chi connectivity index (χ3v) is 3.14. The van der Waals surface area contributed by atoms with Crippen LogP contribution in [0.25, 0.3) is 0 Å². The number of sulfonamides is 1. The summed E-state index contributed by atoms with van der Waals surface area (Å²) in [6, 6.07) is 4.58.